The largest absolute Gasteiger partial charge is 0.309 e. The molecular formula is C44H28N2. The van der Waals surface area contributed by atoms with Crippen molar-refractivity contribution >= 4 is 60.7 Å². The van der Waals surface area contributed by atoms with Gasteiger partial charge in [0.25, 0.3) is 0 Å². The van der Waals surface area contributed by atoms with E-state index in [0.29, 0.717) is 0 Å². The molecule has 0 spiro atoms. The SMILES string of the molecule is C=C1c2ccccc2-c2cccc(N(c3ccc(-c4ccccc4)cc3)c3ccc4c5ccccc5n5c6ccccc6c3c45)c21. The van der Waals surface area contributed by atoms with E-state index >= 15 is 0 Å². The van der Waals surface area contributed by atoms with Gasteiger partial charge in [0.15, 0.2) is 0 Å². The van der Waals surface area contributed by atoms with Crippen molar-refractivity contribution in [2.45, 2.75) is 0 Å². The summed E-state index contributed by atoms with van der Waals surface area (Å²) in [4.78, 5) is 2.46. The van der Waals surface area contributed by atoms with Crippen LogP contribution in [-0.4, -0.2) is 4.40 Å². The van der Waals surface area contributed by atoms with E-state index in [1.165, 1.54) is 71.5 Å². The summed E-state index contributed by atoms with van der Waals surface area (Å²) in [6, 6.07) is 57.2. The maximum Gasteiger partial charge on any atom is 0.0641 e. The molecule has 10 rings (SSSR count). The highest BCUT2D eigenvalue weighted by Crippen LogP contribution is 2.53. The molecule has 46 heavy (non-hydrogen) atoms. The van der Waals surface area contributed by atoms with E-state index < -0.39 is 0 Å². The van der Waals surface area contributed by atoms with Gasteiger partial charge in [-0.15, -0.1) is 0 Å². The van der Waals surface area contributed by atoms with E-state index in [1.807, 2.05) is 0 Å². The van der Waals surface area contributed by atoms with Crippen molar-refractivity contribution in [1.29, 1.82) is 0 Å². The normalized spacial score (nSPS) is 12.4. The van der Waals surface area contributed by atoms with Crippen LogP contribution in [0.5, 0.6) is 0 Å². The van der Waals surface area contributed by atoms with Gasteiger partial charge < -0.3 is 9.30 Å². The van der Waals surface area contributed by atoms with Crippen molar-refractivity contribution in [2.75, 3.05) is 4.90 Å². The molecule has 7 aromatic carbocycles. The quantitative estimate of drug-likeness (QED) is 0.200. The number of para-hydroxylation sites is 2. The predicted octanol–water partition coefficient (Wildman–Crippen LogP) is 12.0. The maximum atomic E-state index is 4.66. The lowest BCUT2D eigenvalue weighted by atomic mass is 9.99. The van der Waals surface area contributed by atoms with E-state index in [-0.39, 0.29) is 0 Å². The number of nitrogens with zero attached hydrogens (tertiary/aromatic N) is 2. The van der Waals surface area contributed by atoms with Gasteiger partial charge in [-0.1, -0.05) is 128 Å². The monoisotopic (exact) mass is 584 g/mol. The first-order chi connectivity index (χ1) is 22.8. The standard InChI is InChI=1S/C44H28N2/c1-28-32-14-5-6-15-33(32)35-18-11-21-40(42(28)35)45(31-24-22-30(23-25-31)29-12-3-2-4-13-29)41-27-26-36-34-16-7-9-19-38(34)46-39-20-10-8-17-37(39)43(41)44(36)46/h2-27H,1H2. The number of aromatic nitrogens is 1. The molecule has 0 N–H and O–H groups in total. The van der Waals surface area contributed by atoms with Crippen LogP contribution in [0.1, 0.15) is 11.1 Å². The first-order valence-electron chi connectivity index (χ1n) is 15.8. The van der Waals surface area contributed by atoms with E-state index in [9.17, 15) is 0 Å². The van der Waals surface area contributed by atoms with Crippen LogP contribution in [-0.2, 0) is 0 Å². The molecule has 0 fully saturated rings. The summed E-state index contributed by atoms with van der Waals surface area (Å²) in [5.41, 5.74) is 15.5. The zero-order valence-electron chi connectivity index (χ0n) is 25.1. The van der Waals surface area contributed by atoms with Crippen molar-refractivity contribution < 1.29 is 0 Å². The van der Waals surface area contributed by atoms with Crippen LogP contribution < -0.4 is 4.90 Å². The number of fused-ring (bicyclic) bond motifs is 9. The minimum atomic E-state index is 1.07. The van der Waals surface area contributed by atoms with Crippen LogP contribution in [0.15, 0.2) is 164 Å². The molecule has 9 aromatic rings. The minimum Gasteiger partial charge on any atom is -0.309 e. The number of hydrogen-bond acceptors (Lipinski definition) is 1. The Morgan fingerprint density at radius 2 is 1.07 bits per heavy atom. The molecular weight excluding hydrogens is 556 g/mol. The lowest BCUT2D eigenvalue weighted by Gasteiger charge is -2.29. The smallest absolute Gasteiger partial charge is 0.0641 e. The van der Waals surface area contributed by atoms with E-state index in [1.54, 1.807) is 0 Å². The molecule has 2 nitrogen and oxygen atoms in total. The van der Waals surface area contributed by atoms with Crippen molar-refractivity contribution in [1.82, 2.24) is 4.40 Å². The Hall–Kier alpha value is -6.12. The number of anilines is 3. The summed E-state index contributed by atoms with van der Waals surface area (Å²) in [6.07, 6.45) is 0. The highest BCUT2D eigenvalue weighted by atomic mass is 15.1. The Balaban J connectivity index is 1.30. The van der Waals surface area contributed by atoms with Gasteiger partial charge in [-0.25, -0.2) is 0 Å². The molecule has 0 saturated heterocycles. The average molecular weight is 585 g/mol. The van der Waals surface area contributed by atoms with Gasteiger partial charge >= 0.3 is 0 Å². The second-order valence-corrected chi connectivity index (χ2v) is 12.2. The predicted molar refractivity (Wildman–Crippen MR) is 195 cm³/mol. The van der Waals surface area contributed by atoms with Gasteiger partial charge in [0.1, 0.15) is 0 Å². The van der Waals surface area contributed by atoms with Gasteiger partial charge in [0.2, 0.25) is 0 Å². The Morgan fingerprint density at radius 3 is 1.87 bits per heavy atom. The first kappa shape index (κ1) is 25.2. The Bertz CT molecular complexity index is 2640. The lowest BCUT2D eigenvalue weighted by molar-refractivity contribution is 1.29. The topological polar surface area (TPSA) is 7.65 Å². The van der Waals surface area contributed by atoms with E-state index in [0.717, 1.165) is 22.6 Å². The summed E-state index contributed by atoms with van der Waals surface area (Å²) in [5.74, 6) is 0. The number of benzene rings is 7. The van der Waals surface area contributed by atoms with Crippen molar-refractivity contribution in [3.63, 3.8) is 0 Å². The molecule has 1 aliphatic rings. The Labute approximate surface area is 267 Å². The third-order valence-electron chi connectivity index (χ3n) is 9.83. The van der Waals surface area contributed by atoms with Gasteiger partial charge in [-0.3, -0.25) is 0 Å². The molecule has 0 amide bonds. The molecule has 1 aliphatic carbocycles. The zero-order chi connectivity index (χ0) is 30.4. The summed E-state index contributed by atoms with van der Waals surface area (Å²) >= 11 is 0. The maximum absolute atomic E-state index is 4.66. The highest BCUT2D eigenvalue weighted by molar-refractivity contribution is 6.27. The summed E-state index contributed by atoms with van der Waals surface area (Å²) in [5, 5.41) is 5.07. The molecule has 0 atom stereocenters. The van der Waals surface area contributed by atoms with Crippen LogP contribution in [0.3, 0.4) is 0 Å². The molecule has 0 aliphatic heterocycles. The van der Waals surface area contributed by atoms with Crippen molar-refractivity contribution in [2.24, 2.45) is 0 Å². The van der Waals surface area contributed by atoms with Crippen LogP contribution >= 0.6 is 0 Å². The van der Waals surface area contributed by atoms with Crippen LogP contribution in [0.2, 0.25) is 0 Å². The number of hydrogen-bond donors (Lipinski definition) is 0. The lowest BCUT2D eigenvalue weighted by Crippen LogP contribution is -2.12. The molecule has 2 aromatic heterocycles. The third kappa shape index (κ3) is 3.36. The summed E-state index contributed by atoms with van der Waals surface area (Å²) in [7, 11) is 0. The fourth-order valence-electron chi connectivity index (χ4n) is 7.85. The highest BCUT2D eigenvalue weighted by Gasteiger charge is 2.30. The van der Waals surface area contributed by atoms with Gasteiger partial charge in [0, 0.05) is 32.8 Å². The fraction of sp³-hybridized carbons (Fsp3) is 0. The molecule has 0 radical (unpaired) electrons. The van der Waals surface area contributed by atoms with Gasteiger partial charge in [-0.05, 0) is 69.8 Å². The molecule has 0 bridgehead atoms. The first-order valence-corrected chi connectivity index (χ1v) is 15.8. The van der Waals surface area contributed by atoms with Crippen molar-refractivity contribution in [3.8, 4) is 22.3 Å². The fourth-order valence-corrected chi connectivity index (χ4v) is 7.85. The third-order valence-corrected chi connectivity index (χ3v) is 9.83. The Kier molecular flexibility index (Phi) is 5.18. The molecule has 214 valence electrons. The zero-order valence-corrected chi connectivity index (χ0v) is 25.1. The van der Waals surface area contributed by atoms with Crippen LogP contribution in [0, 0.1) is 0 Å². The van der Waals surface area contributed by atoms with Gasteiger partial charge in [0.05, 0.1) is 27.9 Å². The van der Waals surface area contributed by atoms with Gasteiger partial charge in [-0.2, -0.15) is 0 Å². The van der Waals surface area contributed by atoms with E-state index in [4.69, 9.17) is 0 Å². The second kappa shape index (κ2) is 9.44. The molecule has 0 unspecified atom stereocenters. The molecule has 2 heteroatoms. The molecule has 0 saturated carbocycles. The van der Waals surface area contributed by atoms with Crippen LogP contribution in [0.25, 0.3) is 65.9 Å². The van der Waals surface area contributed by atoms with E-state index in [2.05, 4.69) is 174 Å². The Morgan fingerprint density at radius 1 is 0.435 bits per heavy atom. The second-order valence-electron chi connectivity index (χ2n) is 12.2. The minimum absolute atomic E-state index is 1.07. The number of rotatable bonds is 4. The average Bonchev–Trinajstić information content (AvgIpc) is 3.75. The summed E-state index contributed by atoms with van der Waals surface area (Å²) in [6.45, 7) is 4.66. The van der Waals surface area contributed by atoms with Crippen LogP contribution in [0.4, 0.5) is 17.1 Å². The van der Waals surface area contributed by atoms with Crippen molar-refractivity contribution in [3.05, 3.63) is 175 Å². The summed E-state index contributed by atoms with van der Waals surface area (Å²) < 4.78 is 2.46. The molecule has 2 heterocycles.